The van der Waals surface area contributed by atoms with Crippen LogP contribution in [-0.2, 0) is 14.3 Å². The van der Waals surface area contributed by atoms with E-state index in [4.69, 9.17) is 4.74 Å². The number of carbonyl (C=O) groups excluding carboxylic acids is 2. The zero-order chi connectivity index (χ0) is 30.8. The Kier molecular flexibility index (Phi) is 13.0. The maximum atomic E-state index is 12.9. The van der Waals surface area contributed by atoms with E-state index < -0.39 is 0 Å². The van der Waals surface area contributed by atoms with Crippen LogP contribution in [0.15, 0.2) is 36.4 Å². The van der Waals surface area contributed by atoms with Gasteiger partial charge in [0.2, 0.25) is 11.8 Å². The molecule has 0 atom stereocenters. The zero-order valence-electron chi connectivity index (χ0n) is 27.2. The third-order valence-corrected chi connectivity index (χ3v) is 8.11. The molecule has 0 aromatic heterocycles. The summed E-state index contributed by atoms with van der Waals surface area (Å²) < 4.78 is 6.36. The molecular weight excluding hydrogens is 512 g/mol. The van der Waals surface area contributed by atoms with Crippen LogP contribution in [0, 0.1) is 27.7 Å². The molecule has 2 amide bonds. The Morgan fingerprint density at radius 3 is 1.63 bits per heavy atom. The molecule has 2 rings (SSSR count). The van der Waals surface area contributed by atoms with Gasteiger partial charge in [0, 0.05) is 30.1 Å². The highest BCUT2D eigenvalue weighted by Gasteiger charge is 2.29. The normalized spacial score (nSPS) is 12.2. The molecule has 0 fully saturated rings. The van der Waals surface area contributed by atoms with Crippen molar-refractivity contribution in [3.05, 3.63) is 58.7 Å². The number of nitrogens with one attached hydrogen (secondary N) is 2. The lowest BCUT2D eigenvalue weighted by Gasteiger charge is -2.38. The van der Waals surface area contributed by atoms with E-state index >= 15 is 0 Å². The van der Waals surface area contributed by atoms with Gasteiger partial charge in [-0.25, -0.2) is 0 Å². The van der Waals surface area contributed by atoms with E-state index in [9.17, 15) is 9.59 Å². The number of carbonyl (C=O) groups is 2. The summed E-state index contributed by atoms with van der Waals surface area (Å²) in [4.78, 5) is 30.1. The number of amides is 2. The van der Waals surface area contributed by atoms with Gasteiger partial charge in [-0.15, -0.1) is 0 Å². The van der Waals surface area contributed by atoms with Gasteiger partial charge in [-0.05, 0) is 104 Å². The highest BCUT2D eigenvalue weighted by molar-refractivity contribution is 5.94. The van der Waals surface area contributed by atoms with Gasteiger partial charge in [0.15, 0.2) is 0 Å². The summed E-state index contributed by atoms with van der Waals surface area (Å²) >= 11 is 0. The third kappa shape index (κ3) is 10.9. The first kappa shape index (κ1) is 34.5. The van der Waals surface area contributed by atoms with Crippen LogP contribution < -0.4 is 10.6 Å². The van der Waals surface area contributed by atoms with Crippen molar-refractivity contribution in [3.63, 3.8) is 0 Å². The summed E-state index contributed by atoms with van der Waals surface area (Å²) in [5.41, 5.74) is 5.56. The van der Waals surface area contributed by atoms with Gasteiger partial charge in [0.25, 0.3) is 0 Å². The second kappa shape index (κ2) is 15.5. The molecular formula is C34H54N4O3. The minimum Gasteiger partial charge on any atom is -0.375 e. The number of para-hydroxylation sites is 2. The molecule has 7 heteroatoms. The second-order valence-electron chi connectivity index (χ2n) is 12.4. The topological polar surface area (TPSA) is 73.9 Å². The molecule has 0 saturated carbocycles. The number of benzene rings is 2. The lowest BCUT2D eigenvalue weighted by Crippen LogP contribution is -2.48. The van der Waals surface area contributed by atoms with Crippen LogP contribution in [0.2, 0.25) is 0 Å². The number of nitrogens with zero attached hydrogens (tertiary/aromatic N) is 2. The van der Waals surface area contributed by atoms with Crippen molar-refractivity contribution in [1.82, 2.24) is 9.80 Å². The molecule has 0 aliphatic carbocycles. The molecule has 0 bridgehead atoms. The summed E-state index contributed by atoms with van der Waals surface area (Å²) in [6.45, 7) is 24.4. The fraction of sp³-hybridized carbons (Fsp3) is 0.588. The molecule has 0 aliphatic rings. The van der Waals surface area contributed by atoms with Crippen LogP contribution in [0.3, 0.4) is 0 Å². The third-order valence-electron chi connectivity index (χ3n) is 8.11. The first-order valence-electron chi connectivity index (χ1n) is 15.0. The summed E-state index contributed by atoms with van der Waals surface area (Å²) in [5.74, 6) is 0.00542. The van der Waals surface area contributed by atoms with Gasteiger partial charge in [-0.1, -0.05) is 50.2 Å². The Labute approximate surface area is 249 Å². The number of anilines is 2. The zero-order valence-corrected chi connectivity index (χ0v) is 27.2. The Balaban J connectivity index is 1.84. The molecule has 0 spiro atoms. The minimum atomic E-state index is -0.330. The van der Waals surface area contributed by atoms with Gasteiger partial charge in [-0.2, -0.15) is 0 Å². The fourth-order valence-corrected chi connectivity index (χ4v) is 5.10. The molecule has 228 valence electrons. The summed E-state index contributed by atoms with van der Waals surface area (Å²) in [6, 6.07) is 12.1. The summed E-state index contributed by atoms with van der Waals surface area (Å²) in [5, 5.41) is 6.21. The average Bonchev–Trinajstić information content (AvgIpc) is 2.89. The van der Waals surface area contributed by atoms with Crippen LogP contribution in [-0.4, -0.2) is 72.1 Å². The molecule has 0 radical (unpaired) electrons. The van der Waals surface area contributed by atoms with Crippen LogP contribution in [0.4, 0.5) is 11.4 Å². The highest BCUT2D eigenvalue weighted by atomic mass is 16.5. The van der Waals surface area contributed by atoms with Crippen LogP contribution in [0.1, 0.15) is 76.6 Å². The van der Waals surface area contributed by atoms with E-state index in [1.165, 1.54) is 0 Å². The highest BCUT2D eigenvalue weighted by Crippen LogP contribution is 2.24. The van der Waals surface area contributed by atoms with E-state index in [1.54, 1.807) is 0 Å². The van der Waals surface area contributed by atoms with Crippen LogP contribution in [0.25, 0.3) is 0 Å². The summed E-state index contributed by atoms with van der Waals surface area (Å²) in [7, 11) is 0. The second-order valence-corrected chi connectivity index (χ2v) is 12.4. The number of rotatable bonds is 16. The van der Waals surface area contributed by atoms with Crippen molar-refractivity contribution in [2.75, 3.05) is 50.0 Å². The van der Waals surface area contributed by atoms with Gasteiger partial charge in [-0.3, -0.25) is 19.4 Å². The van der Waals surface area contributed by atoms with Crippen LogP contribution >= 0.6 is 0 Å². The molecule has 0 unspecified atom stereocenters. The minimum absolute atomic E-state index is 0.000136. The molecule has 2 aromatic carbocycles. The van der Waals surface area contributed by atoms with Gasteiger partial charge in [0.05, 0.1) is 18.7 Å². The quantitative estimate of drug-likeness (QED) is 0.243. The smallest absolute Gasteiger partial charge is 0.238 e. The number of hydrogen-bond donors (Lipinski definition) is 2. The largest absolute Gasteiger partial charge is 0.375 e. The number of ether oxygens (including phenoxy) is 1. The monoisotopic (exact) mass is 566 g/mol. The molecule has 0 aliphatic heterocycles. The van der Waals surface area contributed by atoms with Crippen LogP contribution in [0.5, 0.6) is 0 Å². The van der Waals surface area contributed by atoms with Crippen molar-refractivity contribution in [3.8, 4) is 0 Å². The van der Waals surface area contributed by atoms with E-state index in [1.807, 2.05) is 64.1 Å². The van der Waals surface area contributed by atoms with E-state index in [0.29, 0.717) is 19.7 Å². The average molecular weight is 567 g/mol. The Hall–Kier alpha value is -2.74. The lowest BCUT2D eigenvalue weighted by atomic mass is 9.97. The lowest BCUT2D eigenvalue weighted by molar-refractivity contribution is -0.119. The van der Waals surface area contributed by atoms with Gasteiger partial charge >= 0.3 is 0 Å². The number of likely N-dealkylation sites (N-methyl/N-ethyl adjacent to an activating group) is 2. The van der Waals surface area contributed by atoms with E-state index in [2.05, 4.69) is 62.0 Å². The van der Waals surface area contributed by atoms with Crippen molar-refractivity contribution < 1.29 is 14.3 Å². The number of aryl methyl sites for hydroxylation is 4. The van der Waals surface area contributed by atoms with Gasteiger partial charge < -0.3 is 15.4 Å². The predicted molar refractivity (Wildman–Crippen MR) is 172 cm³/mol. The fourth-order valence-electron chi connectivity index (χ4n) is 5.10. The predicted octanol–water partition coefficient (Wildman–Crippen LogP) is 6.50. The molecule has 7 nitrogen and oxygen atoms in total. The number of hydrogen-bond acceptors (Lipinski definition) is 5. The van der Waals surface area contributed by atoms with Crippen molar-refractivity contribution in [2.24, 2.45) is 0 Å². The van der Waals surface area contributed by atoms with Crippen molar-refractivity contribution >= 4 is 23.2 Å². The summed E-state index contributed by atoms with van der Waals surface area (Å²) in [6.07, 6.45) is 1.62. The van der Waals surface area contributed by atoms with E-state index in [-0.39, 0.29) is 23.0 Å². The van der Waals surface area contributed by atoms with Crippen molar-refractivity contribution in [1.29, 1.82) is 0 Å². The molecule has 2 aromatic rings. The molecule has 0 saturated heterocycles. The van der Waals surface area contributed by atoms with Crippen molar-refractivity contribution in [2.45, 2.75) is 93.2 Å². The van der Waals surface area contributed by atoms with Gasteiger partial charge in [0.1, 0.15) is 0 Å². The van der Waals surface area contributed by atoms with E-state index in [0.717, 1.165) is 66.1 Å². The molecule has 0 heterocycles. The standard InChI is InChI=1S/C34H54N4O3/c1-11-37(23-29(39)35-31-25(3)15-13-16-26(31)4)21-19-34(9,10)41-22-20-33(7,8)38(12-2)24-30(40)36-32-27(5)17-14-18-28(32)6/h13-18H,11-12,19-24H2,1-10H3,(H,35,39)(H,36,40). The maximum absolute atomic E-state index is 12.9. The SMILES string of the molecule is CCN(CCC(C)(C)OCCC(C)(C)N(CC)CC(=O)Nc1c(C)cccc1C)CC(=O)Nc1c(C)cccc1C. The Morgan fingerprint density at radius 2 is 1.20 bits per heavy atom. The first-order valence-corrected chi connectivity index (χ1v) is 15.0. The Morgan fingerprint density at radius 1 is 0.732 bits per heavy atom. The molecule has 41 heavy (non-hydrogen) atoms. The maximum Gasteiger partial charge on any atom is 0.238 e. The Bertz CT molecular complexity index is 1120. The first-order chi connectivity index (χ1) is 19.2. The molecule has 2 N–H and O–H groups in total.